The third-order valence-electron chi connectivity index (χ3n) is 2.59. The number of benzene rings is 2. The fourth-order valence-electron chi connectivity index (χ4n) is 1.64. The van der Waals surface area contributed by atoms with E-state index in [-0.39, 0.29) is 17.1 Å². The third kappa shape index (κ3) is 3.91. The summed E-state index contributed by atoms with van der Waals surface area (Å²) in [7, 11) is 0. The SMILES string of the molecule is Cc1cccc(SCC(=O)c2cc(Br)ccc2F)c1. The molecule has 0 bridgehead atoms. The highest BCUT2D eigenvalue weighted by Gasteiger charge is 2.12. The van der Waals surface area contributed by atoms with E-state index >= 15 is 0 Å². The van der Waals surface area contributed by atoms with Crippen LogP contribution >= 0.6 is 27.7 Å². The summed E-state index contributed by atoms with van der Waals surface area (Å²) in [6.45, 7) is 2.00. The minimum atomic E-state index is -0.474. The molecule has 0 saturated carbocycles. The van der Waals surface area contributed by atoms with Crippen molar-refractivity contribution >= 4 is 33.5 Å². The lowest BCUT2D eigenvalue weighted by molar-refractivity contribution is 0.101. The smallest absolute Gasteiger partial charge is 0.176 e. The standard InChI is InChI=1S/C15H12BrFOS/c1-10-3-2-4-12(7-10)19-9-15(18)13-8-11(16)5-6-14(13)17/h2-8H,9H2,1H3. The van der Waals surface area contributed by atoms with Crippen LogP contribution in [0.3, 0.4) is 0 Å². The highest BCUT2D eigenvalue weighted by molar-refractivity contribution is 9.10. The predicted molar refractivity (Wildman–Crippen MR) is 80.3 cm³/mol. The quantitative estimate of drug-likeness (QED) is 0.584. The van der Waals surface area contributed by atoms with Crippen LogP contribution in [0.4, 0.5) is 4.39 Å². The van der Waals surface area contributed by atoms with Crippen LogP contribution in [-0.4, -0.2) is 11.5 Å². The first-order valence-electron chi connectivity index (χ1n) is 5.74. The van der Waals surface area contributed by atoms with Crippen LogP contribution in [0.2, 0.25) is 0 Å². The van der Waals surface area contributed by atoms with Crippen LogP contribution in [0.5, 0.6) is 0 Å². The number of thioether (sulfide) groups is 1. The lowest BCUT2D eigenvalue weighted by atomic mass is 10.1. The van der Waals surface area contributed by atoms with Gasteiger partial charge >= 0.3 is 0 Å². The zero-order chi connectivity index (χ0) is 13.8. The van der Waals surface area contributed by atoms with Gasteiger partial charge in [0, 0.05) is 9.37 Å². The van der Waals surface area contributed by atoms with Crippen molar-refractivity contribution in [2.75, 3.05) is 5.75 Å². The summed E-state index contributed by atoms with van der Waals surface area (Å²) in [6, 6.07) is 12.3. The molecule has 0 amide bonds. The van der Waals surface area contributed by atoms with E-state index in [2.05, 4.69) is 15.9 Å². The van der Waals surface area contributed by atoms with Crippen molar-refractivity contribution < 1.29 is 9.18 Å². The van der Waals surface area contributed by atoms with Crippen LogP contribution in [0, 0.1) is 12.7 Å². The average Bonchev–Trinajstić information content (AvgIpc) is 2.39. The van der Waals surface area contributed by atoms with Gasteiger partial charge in [0.2, 0.25) is 0 Å². The lowest BCUT2D eigenvalue weighted by Gasteiger charge is -2.04. The number of carbonyl (C=O) groups is 1. The van der Waals surface area contributed by atoms with Crippen LogP contribution in [-0.2, 0) is 0 Å². The van der Waals surface area contributed by atoms with Gasteiger partial charge in [0.1, 0.15) is 5.82 Å². The molecular weight excluding hydrogens is 327 g/mol. The minimum Gasteiger partial charge on any atom is -0.293 e. The van der Waals surface area contributed by atoms with Gasteiger partial charge in [-0.3, -0.25) is 4.79 Å². The van der Waals surface area contributed by atoms with Crippen molar-refractivity contribution in [3.8, 4) is 0 Å². The number of aryl methyl sites for hydroxylation is 1. The first-order chi connectivity index (χ1) is 9.06. The zero-order valence-electron chi connectivity index (χ0n) is 10.3. The molecule has 0 saturated heterocycles. The van der Waals surface area contributed by atoms with Gasteiger partial charge in [0.25, 0.3) is 0 Å². The van der Waals surface area contributed by atoms with E-state index in [0.717, 1.165) is 10.5 Å². The molecule has 0 spiro atoms. The van der Waals surface area contributed by atoms with Gasteiger partial charge < -0.3 is 0 Å². The fourth-order valence-corrected chi connectivity index (χ4v) is 2.90. The molecular formula is C15H12BrFOS. The van der Waals surface area contributed by atoms with Gasteiger partial charge in [-0.15, -0.1) is 11.8 Å². The van der Waals surface area contributed by atoms with E-state index in [9.17, 15) is 9.18 Å². The van der Waals surface area contributed by atoms with Crippen molar-refractivity contribution in [2.45, 2.75) is 11.8 Å². The lowest BCUT2D eigenvalue weighted by Crippen LogP contribution is -2.05. The molecule has 2 aromatic carbocycles. The van der Waals surface area contributed by atoms with E-state index in [1.165, 1.54) is 23.9 Å². The second-order valence-electron chi connectivity index (χ2n) is 4.15. The van der Waals surface area contributed by atoms with Crippen LogP contribution in [0.1, 0.15) is 15.9 Å². The molecule has 0 fully saturated rings. The molecule has 0 aliphatic heterocycles. The molecule has 0 radical (unpaired) electrons. The predicted octanol–water partition coefficient (Wildman–Crippen LogP) is 4.87. The first kappa shape index (κ1) is 14.3. The Morgan fingerprint density at radius 3 is 2.79 bits per heavy atom. The highest BCUT2D eigenvalue weighted by atomic mass is 79.9. The molecule has 0 aromatic heterocycles. The van der Waals surface area contributed by atoms with Gasteiger partial charge in [-0.1, -0.05) is 33.6 Å². The summed E-state index contributed by atoms with van der Waals surface area (Å²) >= 11 is 4.67. The molecule has 0 unspecified atom stereocenters. The second-order valence-corrected chi connectivity index (χ2v) is 6.12. The van der Waals surface area contributed by atoms with Crippen molar-refractivity contribution in [3.05, 3.63) is 63.9 Å². The maximum Gasteiger partial charge on any atom is 0.176 e. The summed E-state index contributed by atoms with van der Waals surface area (Å²) in [4.78, 5) is 13.0. The Labute approximate surface area is 124 Å². The van der Waals surface area contributed by atoms with Gasteiger partial charge in [0.05, 0.1) is 11.3 Å². The minimum absolute atomic E-state index is 0.134. The molecule has 0 atom stereocenters. The third-order valence-corrected chi connectivity index (χ3v) is 4.08. The zero-order valence-corrected chi connectivity index (χ0v) is 12.7. The number of hydrogen-bond acceptors (Lipinski definition) is 2. The van der Waals surface area contributed by atoms with Gasteiger partial charge in [0.15, 0.2) is 5.78 Å². The normalized spacial score (nSPS) is 10.5. The monoisotopic (exact) mass is 338 g/mol. The van der Waals surface area contributed by atoms with E-state index in [0.29, 0.717) is 4.47 Å². The molecule has 2 rings (SSSR count). The van der Waals surface area contributed by atoms with Crippen LogP contribution < -0.4 is 0 Å². The average molecular weight is 339 g/mol. The number of hydrogen-bond donors (Lipinski definition) is 0. The Morgan fingerprint density at radius 1 is 1.26 bits per heavy atom. The van der Waals surface area contributed by atoms with Crippen molar-refractivity contribution in [3.63, 3.8) is 0 Å². The Balaban J connectivity index is 2.07. The Hall–Kier alpha value is -1.13. The summed E-state index contributed by atoms with van der Waals surface area (Å²) in [5.74, 6) is -0.444. The van der Waals surface area contributed by atoms with E-state index in [1.54, 1.807) is 6.07 Å². The van der Waals surface area contributed by atoms with E-state index in [4.69, 9.17) is 0 Å². The van der Waals surface area contributed by atoms with Crippen LogP contribution in [0.15, 0.2) is 51.8 Å². The van der Waals surface area contributed by atoms with E-state index in [1.807, 2.05) is 31.2 Å². The van der Waals surface area contributed by atoms with Gasteiger partial charge in [-0.2, -0.15) is 0 Å². The molecule has 98 valence electrons. The van der Waals surface area contributed by atoms with Gasteiger partial charge in [-0.25, -0.2) is 4.39 Å². The maximum absolute atomic E-state index is 13.6. The Bertz CT molecular complexity index is 613. The summed E-state index contributed by atoms with van der Waals surface area (Å²) in [5.41, 5.74) is 1.28. The molecule has 19 heavy (non-hydrogen) atoms. The first-order valence-corrected chi connectivity index (χ1v) is 7.52. The number of ketones is 1. The molecule has 0 N–H and O–H groups in total. The summed E-state index contributed by atoms with van der Waals surface area (Å²) in [5, 5.41) is 0. The Morgan fingerprint density at radius 2 is 2.05 bits per heavy atom. The maximum atomic E-state index is 13.6. The molecule has 0 heterocycles. The number of carbonyl (C=O) groups excluding carboxylic acids is 1. The number of rotatable bonds is 4. The Kier molecular flexibility index (Phi) is 4.77. The summed E-state index contributed by atoms with van der Waals surface area (Å²) < 4.78 is 14.3. The molecule has 0 aliphatic carbocycles. The molecule has 1 nitrogen and oxygen atoms in total. The largest absolute Gasteiger partial charge is 0.293 e. The number of halogens is 2. The fraction of sp³-hybridized carbons (Fsp3) is 0.133. The number of Topliss-reactive ketones (excluding diaryl/α,β-unsaturated/α-hetero) is 1. The van der Waals surface area contributed by atoms with Crippen LogP contribution in [0.25, 0.3) is 0 Å². The second kappa shape index (κ2) is 6.35. The van der Waals surface area contributed by atoms with Gasteiger partial charge in [-0.05, 0) is 37.3 Å². The van der Waals surface area contributed by atoms with Crippen molar-refractivity contribution in [1.82, 2.24) is 0 Å². The molecule has 2 aromatic rings. The van der Waals surface area contributed by atoms with E-state index < -0.39 is 5.82 Å². The molecule has 0 aliphatic rings. The summed E-state index contributed by atoms with van der Waals surface area (Å²) in [6.07, 6.45) is 0. The highest BCUT2D eigenvalue weighted by Crippen LogP contribution is 2.22. The van der Waals surface area contributed by atoms with Crippen molar-refractivity contribution in [2.24, 2.45) is 0 Å². The molecule has 4 heteroatoms. The van der Waals surface area contributed by atoms with Crippen molar-refractivity contribution in [1.29, 1.82) is 0 Å². The topological polar surface area (TPSA) is 17.1 Å².